The maximum absolute atomic E-state index is 6.23. The summed E-state index contributed by atoms with van der Waals surface area (Å²) in [6, 6.07) is 10.4. The third kappa shape index (κ3) is 3.07. The van der Waals surface area contributed by atoms with Crippen LogP contribution in [-0.4, -0.2) is 7.05 Å². The van der Waals surface area contributed by atoms with E-state index in [1.165, 1.54) is 9.75 Å². The summed E-state index contributed by atoms with van der Waals surface area (Å²) in [5.74, 6) is 0. The molecule has 1 unspecified atom stereocenters. The van der Waals surface area contributed by atoms with Crippen LogP contribution in [0.2, 0.25) is 10.0 Å². The fraction of sp³-hybridized carbons (Fsp3) is 0.286. The molecule has 1 heterocycles. The average Bonchev–Trinajstić information content (AvgIpc) is 2.78. The van der Waals surface area contributed by atoms with Crippen LogP contribution in [0.4, 0.5) is 0 Å². The lowest BCUT2D eigenvalue weighted by Gasteiger charge is -2.16. The van der Waals surface area contributed by atoms with Crippen LogP contribution in [0.3, 0.4) is 0 Å². The van der Waals surface area contributed by atoms with Crippen LogP contribution in [0, 0.1) is 6.92 Å². The minimum Gasteiger partial charge on any atom is -0.312 e. The summed E-state index contributed by atoms with van der Waals surface area (Å²) in [7, 11) is 1.97. The number of halogens is 2. The van der Waals surface area contributed by atoms with Crippen molar-refractivity contribution < 1.29 is 0 Å². The molecule has 0 fully saturated rings. The Hall–Kier alpha value is -0.540. The van der Waals surface area contributed by atoms with E-state index in [1.54, 1.807) is 0 Å². The average molecular weight is 300 g/mol. The highest BCUT2D eigenvalue weighted by molar-refractivity contribution is 7.12. The largest absolute Gasteiger partial charge is 0.312 e. The van der Waals surface area contributed by atoms with E-state index in [2.05, 4.69) is 24.4 Å². The Morgan fingerprint density at radius 3 is 2.61 bits per heavy atom. The number of nitrogens with one attached hydrogen (secondary N) is 1. The van der Waals surface area contributed by atoms with Crippen LogP contribution >= 0.6 is 34.5 Å². The molecule has 0 saturated heterocycles. The first-order valence-electron chi connectivity index (χ1n) is 5.78. The van der Waals surface area contributed by atoms with Crippen LogP contribution in [-0.2, 0) is 6.42 Å². The van der Waals surface area contributed by atoms with Gasteiger partial charge < -0.3 is 5.32 Å². The molecule has 2 aromatic rings. The molecule has 1 N–H and O–H groups in total. The van der Waals surface area contributed by atoms with Crippen molar-refractivity contribution in [2.45, 2.75) is 19.4 Å². The van der Waals surface area contributed by atoms with E-state index >= 15 is 0 Å². The zero-order valence-corrected chi connectivity index (χ0v) is 12.7. The van der Waals surface area contributed by atoms with Crippen molar-refractivity contribution in [2.75, 3.05) is 7.05 Å². The van der Waals surface area contributed by atoms with E-state index in [9.17, 15) is 0 Å². The van der Waals surface area contributed by atoms with Crippen molar-refractivity contribution in [1.29, 1.82) is 0 Å². The van der Waals surface area contributed by atoms with Crippen LogP contribution < -0.4 is 5.32 Å². The highest BCUT2D eigenvalue weighted by atomic mass is 35.5. The molecule has 96 valence electrons. The molecule has 0 radical (unpaired) electrons. The monoisotopic (exact) mass is 299 g/mol. The Kier molecular flexibility index (Phi) is 4.68. The molecule has 0 bridgehead atoms. The molecule has 1 atom stereocenters. The van der Waals surface area contributed by atoms with Gasteiger partial charge in [-0.2, -0.15) is 0 Å². The van der Waals surface area contributed by atoms with Gasteiger partial charge in [0.1, 0.15) is 0 Å². The summed E-state index contributed by atoms with van der Waals surface area (Å²) >= 11 is 14.1. The molecular weight excluding hydrogens is 285 g/mol. The second-order valence-electron chi connectivity index (χ2n) is 4.21. The van der Waals surface area contributed by atoms with Crippen molar-refractivity contribution in [3.05, 3.63) is 55.7 Å². The van der Waals surface area contributed by atoms with Crippen molar-refractivity contribution in [3.63, 3.8) is 0 Å². The van der Waals surface area contributed by atoms with E-state index in [4.69, 9.17) is 23.2 Å². The molecule has 1 aromatic heterocycles. The summed E-state index contributed by atoms with van der Waals surface area (Å²) in [5.41, 5.74) is 1.08. The van der Waals surface area contributed by atoms with Crippen molar-refractivity contribution in [1.82, 2.24) is 5.32 Å². The fourth-order valence-corrected chi connectivity index (χ4v) is 3.30. The summed E-state index contributed by atoms with van der Waals surface area (Å²) in [6.07, 6.45) is 0.843. The molecule has 0 aliphatic heterocycles. The molecule has 4 heteroatoms. The second kappa shape index (κ2) is 6.07. The summed E-state index contributed by atoms with van der Waals surface area (Å²) < 4.78 is 0. The predicted molar refractivity (Wildman–Crippen MR) is 81.0 cm³/mol. The molecule has 1 aromatic carbocycles. The summed E-state index contributed by atoms with van der Waals surface area (Å²) in [6.45, 7) is 2.12. The van der Waals surface area contributed by atoms with Gasteiger partial charge in [0.2, 0.25) is 0 Å². The van der Waals surface area contributed by atoms with Crippen molar-refractivity contribution in [3.8, 4) is 0 Å². The third-order valence-electron chi connectivity index (χ3n) is 2.91. The number of thiophene rings is 1. The Morgan fingerprint density at radius 2 is 2.00 bits per heavy atom. The van der Waals surface area contributed by atoms with Gasteiger partial charge in [0.05, 0.1) is 10.0 Å². The number of aryl methyl sites for hydroxylation is 1. The Bertz CT molecular complexity index is 536. The van der Waals surface area contributed by atoms with Gasteiger partial charge >= 0.3 is 0 Å². The first-order valence-corrected chi connectivity index (χ1v) is 7.35. The lowest BCUT2D eigenvalue weighted by Crippen LogP contribution is -2.17. The zero-order valence-electron chi connectivity index (χ0n) is 10.3. The fourth-order valence-electron chi connectivity index (χ4n) is 1.91. The van der Waals surface area contributed by atoms with Crippen LogP contribution in [0.5, 0.6) is 0 Å². The van der Waals surface area contributed by atoms with Crippen molar-refractivity contribution in [2.24, 2.45) is 0 Å². The molecule has 1 nitrogen and oxygen atoms in total. The lowest BCUT2D eigenvalue weighted by molar-refractivity contribution is 0.602. The van der Waals surface area contributed by atoms with Gasteiger partial charge in [-0.15, -0.1) is 11.3 Å². The number of rotatable bonds is 4. The first kappa shape index (κ1) is 13.9. The normalized spacial score (nSPS) is 12.7. The van der Waals surface area contributed by atoms with Gasteiger partial charge in [-0.25, -0.2) is 0 Å². The van der Waals surface area contributed by atoms with E-state index in [1.807, 2.05) is 36.6 Å². The van der Waals surface area contributed by atoms with Crippen LogP contribution in [0.15, 0.2) is 30.3 Å². The highest BCUT2D eigenvalue weighted by Gasteiger charge is 2.14. The van der Waals surface area contributed by atoms with Crippen LogP contribution in [0.25, 0.3) is 0 Å². The number of benzene rings is 1. The zero-order chi connectivity index (χ0) is 13.1. The minimum absolute atomic E-state index is 0.277. The molecule has 0 aliphatic rings. The van der Waals surface area contributed by atoms with Gasteiger partial charge in [-0.3, -0.25) is 0 Å². The molecule has 18 heavy (non-hydrogen) atoms. The van der Waals surface area contributed by atoms with E-state index in [-0.39, 0.29) is 6.04 Å². The van der Waals surface area contributed by atoms with Gasteiger partial charge in [0, 0.05) is 15.8 Å². The Morgan fingerprint density at radius 1 is 1.22 bits per heavy atom. The Labute approximate surface area is 122 Å². The Balaban J connectivity index is 2.23. The standard InChI is InChI=1S/C14H15Cl2NS/c1-9-6-7-13(18-9)12(17-2)8-10-4-3-5-11(15)14(10)16/h3-7,12,17H,8H2,1-2H3. The SMILES string of the molecule is CNC(Cc1cccc(Cl)c1Cl)c1ccc(C)s1. The van der Waals surface area contributed by atoms with E-state index in [0.29, 0.717) is 10.0 Å². The predicted octanol–water partition coefficient (Wildman–Crippen LogP) is 4.87. The lowest BCUT2D eigenvalue weighted by atomic mass is 10.0. The smallest absolute Gasteiger partial charge is 0.0624 e. The third-order valence-corrected chi connectivity index (χ3v) is 4.88. The minimum atomic E-state index is 0.277. The molecular formula is C14H15Cl2NS. The number of likely N-dealkylation sites (N-methyl/N-ethyl adjacent to an activating group) is 1. The van der Waals surface area contributed by atoms with Gasteiger partial charge in [-0.05, 0) is 44.2 Å². The van der Waals surface area contributed by atoms with E-state index < -0.39 is 0 Å². The first-order chi connectivity index (χ1) is 8.61. The van der Waals surface area contributed by atoms with E-state index in [0.717, 1.165) is 12.0 Å². The van der Waals surface area contributed by atoms with Gasteiger partial charge in [-0.1, -0.05) is 35.3 Å². The molecule has 0 saturated carbocycles. The molecule has 0 amide bonds. The highest BCUT2D eigenvalue weighted by Crippen LogP contribution is 2.31. The summed E-state index contributed by atoms with van der Waals surface area (Å²) in [4.78, 5) is 2.65. The molecule has 0 spiro atoms. The summed E-state index contributed by atoms with van der Waals surface area (Å²) in [5, 5.41) is 4.61. The maximum atomic E-state index is 6.23. The number of hydrogen-bond acceptors (Lipinski definition) is 2. The maximum Gasteiger partial charge on any atom is 0.0624 e. The quantitative estimate of drug-likeness (QED) is 0.849. The van der Waals surface area contributed by atoms with Gasteiger partial charge in [0.15, 0.2) is 0 Å². The molecule has 0 aliphatic carbocycles. The topological polar surface area (TPSA) is 12.0 Å². The van der Waals surface area contributed by atoms with Gasteiger partial charge in [0.25, 0.3) is 0 Å². The van der Waals surface area contributed by atoms with Crippen molar-refractivity contribution >= 4 is 34.5 Å². The molecule has 2 rings (SSSR count). The van der Waals surface area contributed by atoms with Crippen LogP contribution in [0.1, 0.15) is 21.4 Å². The second-order valence-corrected chi connectivity index (χ2v) is 6.31. The number of hydrogen-bond donors (Lipinski definition) is 1.